The van der Waals surface area contributed by atoms with E-state index in [9.17, 15) is 18.5 Å². The number of hydrogen-bond acceptors (Lipinski definition) is 7. The number of aromatic nitrogens is 4. The van der Waals surface area contributed by atoms with Gasteiger partial charge < -0.3 is 0 Å². The number of nitrogens with one attached hydrogen (secondary N) is 1. The second-order valence-electron chi connectivity index (χ2n) is 5.34. The van der Waals surface area contributed by atoms with Gasteiger partial charge in [0.1, 0.15) is 0 Å². The van der Waals surface area contributed by atoms with Crippen LogP contribution in [0, 0.1) is 24.0 Å². The summed E-state index contributed by atoms with van der Waals surface area (Å²) in [7, 11) is -4.09. The summed E-state index contributed by atoms with van der Waals surface area (Å²) in [5.41, 5.74) is 1.08. The first-order valence-corrected chi connectivity index (χ1v) is 8.69. The van der Waals surface area contributed by atoms with Crippen molar-refractivity contribution in [1.29, 1.82) is 0 Å². The van der Waals surface area contributed by atoms with E-state index in [4.69, 9.17) is 0 Å². The van der Waals surface area contributed by atoms with Crippen molar-refractivity contribution in [1.82, 2.24) is 24.3 Å². The first-order chi connectivity index (χ1) is 11.8. The second kappa shape index (κ2) is 6.18. The molecule has 1 N–H and O–H groups in total. The Bertz CT molecular complexity index is 1080. The first kappa shape index (κ1) is 16.9. The fraction of sp³-hybridized carbons (Fsp3) is 0.214. The quantitative estimate of drug-likeness (QED) is 0.531. The zero-order chi connectivity index (χ0) is 18.2. The van der Waals surface area contributed by atoms with Gasteiger partial charge in [0, 0.05) is 17.5 Å². The molecule has 3 rings (SSSR count). The van der Waals surface area contributed by atoms with Crippen molar-refractivity contribution in [2.24, 2.45) is 0 Å². The van der Waals surface area contributed by atoms with E-state index >= 15 is 0 Å². The molecule has 0 aliphatic rings. The molecule has 0 saturated heterocycles. The van der Waals surface area contributed by atoms with E-state index in [2.05, 4.69) is 19.9 Å². The third-order valence-electron chi connectivity index (χ3n) is 3.53. The standard InChI is InChI=1S/C14H14N6O4S/c1-9-7-10(2)19-13(17-18-14(19)16-9)8-15-25(23,24)12-6-4-3-5-11(12)20(21)22/h3-7,15H,8H2,1-2H3. The Morgan fingerprint density at radius 1 is 1.24 bits per heavy atom. The van der Waals surface area contributed by atoms with E-state index in [-0.39, 0.29) is 6.54 Å². The lowest BCUT2D eigenvalue weighted by atomic mass is 10.3. The molecule has 0 aliphatic carbocycles. The van der Waals surface area contributed by atoms with Crippen LogP contribution in [0.15, 0.2) is 35.2 Å². The topological polar surface area (TPSA) is 132 Å². The molecule has 1 aromatic carbocycles. The number of para-hydroxylation sites is 1. The van der Waals surface area contributed by atoms with Gasteiger partial charge in [0.2, 0.25) is 10.0 Å². The zero-order valence-electron chi connectivity index (χ0n) is 13.4. The van der Waals surface area contributed by atoms with Crippen LogP contribution in [0.4, 0.5) is 5.69 Å². The van der Waals surface area contributed by atoms with E-state index in [1.807, 2.05) is 19.9 Å². The van der Waals surface area contributed by atoms with Crippen LogP contribution in [0.25, 0.3) is 5.78 Å². The van der Waals surface area contributed by atoms with E-state index in [0.717, 1.165) is 17.5 Å². The van der Waals surface area contributed by atoms with Gasteiger partial charge in [-0.3, -0.25) is 14.5 Å². The molecule has 11 heteroatoms. The SMILES string of the molecule is Cc1cc(C)n2c(CNS(=O)(=O)c3ccccc3[N+](=O)[O-])nnc2n1. The number of benzene rings is 1. The Morgan fingerprint density at radius 2 is 1.96 bits per heavy atom. The van der Waals surface area contributed by atoms with Crippen LogP contribution in [0.1, 0.15) is 17.2 Å². The maximum Gasteiger partial charge on any atom is 0.289 e. The minimum atomic E-state index is -4.09. The molecule has 3 aromatic rings. The monoisotopic (exact) mass is 362 g/mol. The van der Waals surface area contributed by atoms with Gasteiger partial charge in [-0.25, -0.2) is 18.1 Å². The first-order valence-electron chi connectivity index (χ1n) is 7.21. The van der Waals surface area contributed by atoms with Gasteiger partial charge in [-0.15, -0.1) is 10.2 Å². The molecule has 2 aromatic heterocycles. The van der Waals surface area contributed by atoms with Gasteiger partial charge in [-0.1, -0.05) is 12.1 Å². The second-order valence-corrected chi connectivity index (χ2v) is 7.08. The van der Waals surface area contributed by atoms with Gasteiger partial charge in [-0.05, 0) is 26.0 Å². The average Bonchev–Trinajstić information content (AvgIpc) is 2.96. The molecule has 130 valence electrons. The third-order valence-corrected chi connectivity index (χ3v) is 4.98. The molecular formula is C14H14N6O4S. The summed E-state index contributed by atoms with van der Waals surface area (Å²) in [5, 5.41) is 18.9. The largest absolute Gasteiger partial charge is 0.289 e. The van der Waals surface area contributed by atoms with E-state index in [0.29, 0.717) is 11.6 Å². The van der Waals surface area contributed by atoms with Crippen molar-refractivity contribution in [3.8, 4) is 0 Å². The Kier molecular flexibility index (Phi) is 4.18. The summed E-state index contributed by atoms with van der Waals surface area (Å²) >= 11 is 0. The Morgan fingerprint density at radius 3 is 2.68 bits per heavy atom. The Balaban J connectivity index is 1.93. The van der Waals surface area contributed by atoms with Crippen molar-refractivity contribution in [3.05, 3.63) is 57.7 Å². The zero-order valence-corrected chi connectivity index (χ0v) is 14.2. The fourth-order valence-corrected chi connectivity index (χ4v) is 3.64. The highest BCUT2D eigenvalue weighted by Gasteiger charge is 2.25. The maximum atomic E-state index is 12.4. The highest BCUT2D eigenvalue weighted by atomic mass is 32.2. The number of sulfonamides is 1. The molecule has 0 bridgehead atoms. The molecular weight excluding hydrogens is 348 g/mol. The highest BCUT2D eigenvalue weighted by Crippen LogP contribution is 2.22. The van der Waals surface area contributed by atoms with Crippen molar-refractivity contribution in [3.63, 3.8) is 0 Å². The van der Waals surface area contributed by atoms with E-state index in [1.165, 1.54) is 18.2 Å². The molecule has 10 nitrogen and oxygen atoms in total. The number of rotatable bonds is 5. The predicted octanol–water partition coefficient (Wildman–Crippen LogP) is 1.13. The number of fused-ring (bicyclic) bond motifs is 1. The lowest BCUT2D eigenvalue weighted by molar-refractivity contribution is -0.387. The van der Waals surface area contributed by atoms with Gasteiger partial charge in [0.25, 0.3) is 11.5 Å². The van der Waals surface area contributed by atoms with Crippen LogP contribution < -0.4 is 4.72 Å². The number of hydrogen-bond donors (Lipinski definition) is 1. The van der Waals surface area contributed by atoms with Gasteiger partial charge in [0.05, 0.1) is 11.5 Å². The van der Waals surface area contributed by atoms with Crippen molar-refractivity contribution >= 4 is 21.5 Å². The van der Waals surface area contributed by atoms with Crippen LogP contribution in [-0.4, -0.2) is 32.9 Å². The molecule has 0 radical (unpaired) electrons. The number of nitro benzene ring substituents is 1. The molecule has 0 amide bonds. The fourth-order valence-electron chi connectivity index (χ4n) is 2.48. The van der Waals surface area contributed by atoms with E-state index in [1.54, 1.807) is 4.40 Å². The summed E-state index contributed by atoms with van der Waals surface area (Å²) in [5.74, 6) is 0.694. The van der Waals surface area contributed by atoms with Crippen LogP contribution in [0.2, 0.25) is 0 Å². The van der Waals surface area contributed by atoms with Gasteiger partial charge in [0.15, 0.2) is 10.7 Å². The summed E-state index contributed by atoms with van der Waals surface area (Å²) < 4.78 is 28.8. The van der Waals surface area contributed by atoms with Gasteiger partial charge >= 0.3 is 0 Å². The summed E-state index contributed by atoms with van der Waals surface area (Å²) in [6.45, 7) is 3.46. The van der Waals surface area contributed by atoms with Crippen LogP contribution >= 0.6 is 0 Å². The molecule has 0 saturated carbocycles. The van der Waals surface area contributed by atoms with Gasteiger partial charge in [-0.2, -0.15) is 0 Å². The average molecular weight is 362 g/mol. The van der Waals surface area contributed by atoms with Crippen LogP contribution in [0.5, 0.6) is 0 Å². The van der Waals surface area contributed by atoms with Crippen LogP contribution in [0.3, 0.4) is 0 Å². The summed E-state index contributed by atoms with van der Waals surface area (Å²) in [6, 6.07) is 6.96. The molecule has 0 aliphatic heterocycles. The number of nitro groups is 1. The summed E-state index contributed by atoms with van der Waals surface area (Å²) in [6.07, 6.45) is 0. The molecule has 2 heterocycles. The lowest BCUT2D eigenvalue weighted by Gasteiger charge is -2.07. The van der Waals surface area contributed by atoms with E-state index < -0.39 is 25.5 Å². The molecule has 0 spiro atoms. The number of nitrogens with zero attached hydrogens (tertiary/aromatic N) is 5. The minimum absolute atomic E-state index is 0.179. The van der Waals surface area contributed by atoms with Crippen molar-refractivity contribution in [2.45, 2.75) is 25.3 Å². The van der Waals surface area contributed by atoms with Crippen molar-refractivity contribution in [2.75, 3.05) is 0 Å². The molecule has 0 fully saturated rings. The maximum absolute atomic E-state index is 12.4. The smallest absolute Gasteiger partial charge is 0.266 e. The predicted molar refractivity (Wildman–Crippen MR) is 87.4 cm³/mol. The minimum Gasteiger partial charge on any atom is -0.266 e. The van der Waals surface area contributed by atoms with Crippen LogP contribution in [-0.2, 0) is 16.6 Å². The molecule has 25 heavy (non-hydrogen) atoms. The normalized spacial score (nSPS) is 11.8. The molecule has 0 atom stereocenters. The number of aryl methyl sites for hydroxylation is 2. The lowest BCUT2D eigenvalue weighted by Crippen LogP contribution is -2.25. The molecule has 0 unspecified atom stereocenters. The Labute approximate surface area is 142 Å². The van der Waals surface area contributed by atoms with Crippen molar-refractivity contribution < 1.29 is 13.3 Å². The Hall–Kier alpha value is -2.92. The third kappa shape index (κ3) is 3.19. The highest BCUT2D eigenvalue weighted by molar-refractivity contribution is 7.89. The summed E-state index contributed by atoms with van der Waals surface area (Å²) in [4.78, 5) is 14.1.